The van der Waals surface area contributed by atoms with Gasteiger partial charge in [-0.1, -0.05) is 0 Å². The predicted octanol–water partition coefficient (Wildman–Crippen LogP) is 3.84. The van der Waals surface area contributed by atoms with E-state index in [1.54, 1.807) is 0 Å². The van der Waals surface area contributed by atoms with Gasteiger partial charge < -0.3 is 0 Å². The van der Waals surface area contributed by atoms with Crippen LogP contribution in [0, 0.1) is 0 Å². The number of fused-ring (bicyclic) bond motifs is 1. The molecule has 3 heterocycles. The van der Waals surface area contributed by atoms with E-state index in [0.717, 1.165) is 25.3 Å². The van der Waals surface area contributed by atoms with Crippen LogP contribution in [0.25, 0.3) is 11.2 Å². The maximum Gasteiger partial charge on any atom is 0.433 e. The van der Waals surface area contributed by atoms with Crippen LogP contribution >= 0.6 is 0 Å². The molecule has 1 amide bonds. The van der Waals surface area contributed by atoms with Crippen molar-refractivity contribution in [3.63, 3.8) is 0 Å². The van der Waals surface area contributed by atoms with Crippen molar-refractivity contribution in [3.05, 3.63) is 17.8 Å². The number of imidazole rings is 1. The first-order valence-electron chi connectivity index (χ1n) is 9.49. The predicted molar refractivity (Wildman–Crippen MR) is 94.7 cm³/mol. The Balaban J connectivity index is 1.58. The highest BCUT2D eigenvalue weighted by atomic mass is 19.4. The number of carbonyl (C=O) groups is 1. The van der Waals surface area contributed by atoms with Crippen LogP contribution in [0.1, 0.15) is 43.8 Å². The molecule has 0 bridgehead atoms. The van der Waals surface area contributed by atoms with Crippen LogP contribution in [-0.2, 0) is 11.0 Å². The molecule has 2 aliphatic rings. The molecule has 0 unspecified atom stereocenters. The molecule has 158 valence electrons. The summed E-state index contributed by atoms with van der Waals surface area (Å²) in [6.45, 7) is -0.334. The quantitative estimate of drug-likeness (QED) is 0.768. The summed E-state index contributed by atoms with van der Waals surface area (Å²) < 4.78 is 67.8. The molecule has 4 rings (SSSR count). The SMILES string of the molecule is O=C(CN1CCCC(F)(F)C1)Nc1nc2ccc(C(F)(F)F)nc2n1C1CCC1. The van der Waals surface area contributed by atoms with Crippen LogP contribution in [0.4, 0.5) is 27.9 Å². The molecule has 2 aromatic heterocycles. The lowest BCUT2D eigenvalue weighted by atomic mass is 9.93. The summed E-state index contributed by atoms with van der Waals surface area (Å²) in [4.78, 5) is 21.8. The highest BCUT2D eigenvalue weighted by Gasteiger charge is 2.36. The lowest BCUT2D eigenvalue weighted by Crippen LogP contribution is -2.45. The third kappa shape index (κ3) is 4.19. The summed E-state index contributed by atoms with van der Waals surface area (Å²) in [6, 6.07) is 1.97. The van der Waals surface area contributed by atoms with Gasteiger partial charge in [0.25, 0.3) is 5.92 Å². The van der Waals surface area contributed by atoms with Crippen LogP contribution in [0.15, 0.2) is 12.1 Å². The third-order valence-electron chi connectivity index (χ3n) is 5.36. The fourth-order valence-electron chi connectivity index (χ4n) is 3.76. The van der Waals surface area contributed by atoms with E-state index in [4.69, 9.17) is 0 Å². The van der Waals surface area contributed by atoms with E-state index in [0.29, 0.717) is 13.0 Å². The van der Waals surface area contributed by atoms with Gasteiger partial charge >= 0.3 is 6.18 Å². The van der Waals surface area contributed by atoms with Gasteiger partial charge in [-0.05, 0) is 44.4 Å². The van der Waals surface area contributed by atoms with E-state index < -0.39 is 30.2 Å². The molecule has 2 fully saturated rings. The van der Waals surface area contributed by atoms with E-state index in [1.807, 2.05) is 0 Å². The molecular formula is C18H20F5N5O. The number of carbonyl (C=O) groups excluding carboxylic acids is 1. The lowest BCUT2D eigenvalue weighted by Gasteiger charge is -2.32. The van der Waals surface area contributed by atoms with Crippen LogP contribution < -0.4 is 5.32 Å². The van der Waals surface area contributed by atoms with Gasteiger partial charge in [0.15, 0.2) is 5.65 Å². The summed E-state index contributed by atoms with van der Waals surface area (Å²) >= 11 is 0. The zero-order valence-corrected chi connectivity index (χ0v) is 15.5. The molecule has 0 atom stereocenters. The molecule has 2 aromatic rings. The fourth-order valence-corrected chi connectivity index (χ4v) is 3.76. The lowest BCUT2D eigenvalue weighted by molar-refractivity contribution is -0.141. The van der Waals surface area contributed by atoms with E-state index in [2.05, 4.69) is 15.3 Å². The van der Waals surface area contributed by atoms with Gasteiger partial charge in [0.1, 0.15) is 11.2 Å². The molecule has 0 radical (unpaired) electrons. The molecule has 1 aliphatic carbocycles. The summed E-state index contributed by atoms with van der Waals surface area (Å²) in [5.74, 6) is -3.25. The Bertz CT molecular complexity index is 921. The van der Waals surface area contributed by atoms with Crippen molar-refractivity contribution in [2.24, 2.45) is 0 Å². The molecule has 1 N–H and O–H groups in total. The molecule has 6 nitrogen and oxygen atoms in total. The minimum absolute atomic E-state index is 0.0596. The Labute approximate surface area is 163 Å². The normalized spacial score (nSPS) is 20.6. The van der Waals surface area contributed by atoms with Gasteiger partial charge in [-0.3, -0.25) is 19.6 Å². The van der Waals surface area contributed by atoms with E-state index >= 15 is 0 Å². The molecular weight excluding hydrogens is 397 g/mol. The number of amides is 1. The Hall–Kier alpha value is -2.30. The second-order valence-corrected chi connectivity index (χ2v) is 7.65. The monoisotopic (exact) mass is 417 g/mol. The summed E-state index contributed by atoms with van der Waals surface area (Å²) in [6.07, 6.45) is -2.10. The second kappa shape index (κ2) is 7.19. The van der Waals surface area contributed by atoms with Gasteiger partial charge in [-0.2, -0.15) is 13.2 Å². The molecule has 11 heteroatoms. The fraction of sp³-hybridized carbons (Fsp3) is 0.611. The number of aromatic nitrogens is 3. The summed E-state index contributed by atoms with van der Waals surface area (Å²) in [5, 5.41) is 2.59. The number of piperidine rings is 1. The van der Waals surface area contributed by atoms with Crippen molar-refractivity contribution < 1.29 is 26.7 Å². The van der Waals surface area contributed by atoms with Crippen LogP contribution in [0.3, 0.4) is 0 Å². The number of hydrogen-bond donors (Lipinski definition) is 1. The minimum atomic E-state index is -4.59. The third-order valence-corrected chi connectivity index (χ3v) is 5.36. The minimum Gasteiger partial charge on any atom is -0.295 e. The molecule has 0 spiro atoms. The van der Waals surface area contributed by atoms with Crippen molar-refractivity contribution in [2.75, 3.05) is 25.0 Å². The smallest absolute Gasteiger partial charge is 0.295 e. The number of nitrogens with zero attached hydrogens (tertiary/aromatic N) is 4. The Morgan fingerprint density at radius 1 is 1.21 bits per heavy atom. The largest absolute Gasteiger partial charge is 0.433 e. The number of halogens is 5. The second-order valence-electron chi connectivity index (χ2n) is 7.65. The standard InChI is InChI=1S/C18H20F5N5O/c19-17(20)7-2-8-27(10-17)9-14(29)26-16-24-12-5-6-13(18(21,22)23)25-15(12)28(16)11-3-1-4-11/h5-6,11H,1-4,7-10H2,(H,24,26,29). The highest BCUT2D eigenvalue weighted by molar-refractivity contribution is 5.92. The van der Waals surface area contributed by atoms with E-state index in [9.17, 15) is 26.7 Å². The molecule has 29 heavy (non-hydrogen) atoms. The number of pyridine rings is 1. The van der Waals surface area contributed by atoms with Crippen molar-refractivity contribution in [2.45, 2.75) is 50.2 Å². The van der Waals surface area contributed by atoms with Gasteiger partial charge in [-0.25, -0.2) is 18.7 Å². The Morgan fingerprint density at radius 2 is 1.97 bits per heavy atom. The summed E-state index contributed by atoms with van der Waals surface area (Å²) in [5.41, 5.74) is -0.729. The molecule has 1 saturated heterocycles. The zero-order chi connectivity index (χ0) is 20.8. The number of hydrogen-bond acceptors (Lipinski definition) is 4. The first kappa shape index (κ1) is 20.0. The van der Waals surface area contributed by atoms with Crippen molar-refractivity contribution in [1.29, 1.82) is 0 Å². The van der Waals surface area contributed by atoms with Crippen LogP contribution in [0.5, 0.6) is 0 Å². The zero-order valence-electron chi connectivity index (χ0n) is 15.5. The van der Waals surface area contributed by atoms with E-state index in [-0.39, 0.29) is 36.1 Å². The number of nitrogens with one attached hydrogen (secondary N) is 1. The maximum atomic E-state index is 13.5. The van der Waals surface area contributed by atoms with Gasteiger partial charge in [-0.15, -0.1) is 0 Å². The van der Waals surface area contributed by atoms with Crippen molar-refractivity contribution in [3.8, 4) is 0 Å². The Morgan fingerprint density at radius 3 is 2.59 bits per heavy atom. The average Bonchev–Trinajstić information content (AvgIpc) is 2.88. The van der Waals surface area contributed by atoms with Gasteiger partial charge in [0, 0.05) is 12.5 Å². The van der Waals surface area contributed by atoms with Crippen molar-refractivity contribution in [1.82, 2.24) is 19.4 Å². The molecule has 1 saturated carbocycles. The van der Waals surface area contributed by atoms with E-state index in [1.165, 1.54) is 15.5 Å². The van der Waals surface area contributed by atoms with Crippen molar-refractivity contribution >= 4 is 23.0 Å². The Kier molecular flexibility index (Phi) is 4.96. The first-order valence-corrected chi connectivity index (χ1v) is 9.49. The van der Waals surface area contributed by atoms with Crippen LogP contribution in [0.2, 0.25) is 0 Å². The van der Waals surface area contributed by atoms with Crippen LogP contribution in [-0.4, -0.2) is 50.9 Å². The maximum absolute atomic E-state index is 13.5. The van der Waals surface area contributed by atoms with Gasteiger partial charge in [0.05, 0.1) is 13.1 Å². The number of alkyl halides is 5. The summed E-state index contributed by atoms with van der Waals surface area (Å²) in [7, 11) is 0. The number of rotatable bonds is 4. The van der Waals surface area contributed by atoms with Gasteiger partial charge in [0.2, 0.25) is 11.9 Å². The molecule has 0 aromatic carbocycles. The molecule has 1 aliphatic heterocycles. The topological polar surface area (TPSA) is 63.1 Å². The number of anilines is 1. The number of likely N-dealkylation sites (tertiary alicyclic amines) is 1. The first-order chi connectivity index (χ1) is 13.6. The average molecular weight is 417 g/mol. The highest BCUT2D eigenvalue weighted by Crippen LogP contribution is 2.38.